The Morgan fingerprint density at radius 2 is 2.10 bits per heavy atom. The smallest absolute Gasteiger partial charge is 0.315 e. The van der Waals surface area contributed by atoms with Gasteiger partial charge in [0, 0.05) is 12.1 Å². The number of amides is 2. The van der Waals surface area contributed by atoms with Crippen molar-refractivity contribution in [2.75, 3.05) is 20.6 Å². The second kappa shape index (κ2) is 6.92. The first kappa shape index (κ1) is 16.8. The lowest BCUT2D eigenvalue weighted by Crippen LogP contribution is -2.51. The lowest BCUT2D eigenvalue weighted by atomic mass is 9.85. The van der Waals surface area contributed by atoms with Gasteiger partial charge in [-0.25, -0.2) is 4.79 Å². The molecule has 0 radical (unpaired) electrons. The number of carboxylic acids is 1. The second-order valence-corrected chi connectivity index (χ2v) is 6.28. The Labute approximate surface area is 120 Å². The Bertz CT molecular complexity index is 360. The molecule has 1 fully saturated rings. The summed E-state index contributed by atoms with van der Waals surface area (Å²) in [5.74, 6) is -0.832. The average molecular weight is 285 g/mol. The van der Waals surface area contributed by atoms with Crippen LogP contribution in [-0.4, -0.2) is 54.7 Å². The highest BCUT2D eigenvalue weighted by molar-refractivity contribution is 5.79. The zero-order valence-electron chi connectivity index (χ0n) is 12.9. The van der Waals surface area contributed by atoms with Crippen LogP contribution >= 0.6 is 0 Å². The first-order valence-corrected chi connectivity index (χ1v) is 7.21. The molecule has 1 rings (SSSR count). The molecule has 1 aliphatic carbocycles. The van der Waals surface area contributed by atoms with E-state index in [4.69, 9.17) is 0 Å². The number of aliphatic carboxylic acids is 1. The zero-order valence-corrected chi connectivity index (χ0v) is 12.9. The third-order valence-corrected chi connectivity index (χ3v) is 4.14. The fourth-order valence-electron chi connectivity index (χ4n) is 2.60. The van der Waals surface area contributed by atoms with E-state index < -0.39 is 11.4 Å². The normalized spacial score (nSPS) is 27.4. The van der Waals surface area contributed by atoms with Crippen LogP contribution in [0.5, 0.6) is 0 Å². The third kappa shape index (κ3) is 4.37. The minimum atomic E-state index is -0.843. The minimum absolute atomic E-state index is 0.0647. The molecule has 3 atom stereocenters. The lowest BCUT2D eigenvalue weighted by Gasteiger charge is -2.28. The first-order valence-electron chi connectivity index (χ1n) is 7.21. The SMILES string of the molecule is CC(CCN(C)C)NC(=O)NC1CCCC1(C)C(=O)O. The predicted molar refractivity (Wildman–Crippen MR) is 77.7 cm³/mol. The molecule has 0 aliphatic heterocycles. The quantitative estimate of drug-likeness (QED) is 0.686. The molecule has 116 valence electrons. The van der Waals surface area contributed by atoms with Crippen molar-refractivity contribution in [1.29, 1.82) is 0 Å². The Kier molecular flexibility index (Phi) is 5.80. The summed E-state index contributed by atoms with van der Waals surface area (Å²) >= 11 is 0. The minimum Gasteiger partial charge on any atom is -0.481 e. The van der Waals surface area contributed by atoms with Gasteiger partial charge in [-0.1, -0.05) is 6.42 Å². The van der Waals surface area contributed by atoms with Gasteiger partial charge in [0.15, 0.2) is 0 Å². The van der Waals surface area contributed by atoms with Gasteiger partial charge in [-0.2, -0.15) is 0 Å². The monoisotopic (exact) mass is 285 g/mol. The van der Waals surface area contributed by atoms with Crippen LogP contribution in [-0.2, 0) is 4.79 Å². The number of hydrogen-bond donors (Lipinski definition) is 3. The van der Waals surface area contributed by atoms with E-state index >= 15 is 0 Å². The van der Waals surface area contributed by atoms with E-state index in [1.807, 2.05) is 21.0 Å². The maximum Gasteiger partial charge on any atom is 0.315 e. The molecule has 0 aromatic carbocycles. The molecule has 2 amide bonds. The second-order valence-electron chi connectivity index (χ2n) is 6.28. The highest BCUT2D eigenvalue weighted by atomic mass is 16.4. The van der Waals surface area contributed by atoms with Crippen molar-refractivity contribution >= 4 is 12.0 Å². The van der Waals surface area contributed by atoms with Crippen LogP contribution in [0.1, 0.15) is 39.5 Å². The van der Waals surface area contributed by atoms with E-state index in [0.717, 1.165) is 25.8 Å². The van der Waals surface area contributed by atoms with Crippen LogP contribution in [0.3, 0.4) is 0 Å². The van der Waals surface area contributed by atoms with Crippen LogP contribution in [0.15, 0.2) is 0 Å². The van der Waals surface area contributed by atoms with E-state index in [9.17, 15) is 14.7 Å². The molecule has 3 N–H and O–H groups in total. The molecule has 0 aromatic rings. The number of nitrogens with one attached hydrogen (secondary N) is 2. The summed E-state index contributed by atoms with van der Waals surface area (Å²) in [4.78, 5) is 25.3. The number of nitrogens with zero attached hydrogens (tertiary/aromatic N) is 1. The molecular formula is C14H27N3O3. The summed E-state index contributed by atoms with van der Waals surface area (Å²) in [5.41, 5.74) is -0.843. The fourth-order valence-corrected chi connectivity index (χ4v) is 2.60. The number of carbonyl (C=O) groups is 2. The van der Waals surface area contributed by atoms with Gasteiger partial charge >= 0.3 is 12.0 Å². The molecule has 0 aromatic heterocycles. The van der Waals surface area contributed by atoms with E-state index in [2.05, 4.69) is 15.5 Å². The maximum atomic E-state index is 11.9. The van der Waals surface area contributed by atoms with Gasteiger partial charge in [0.05, 0.1) is 5.41 Å². The first-order chi connectivity index (χ1) is 9.25. The Hall–Kier alpha value is -1.30. The number of urea groups is 1. The molecule has 0 saturated heterocycles. The van der Waals surface area contributed by atoms with E-state index in [0.29, 0.717) is 6.42 Å². The van der Waals surface area contributed by atoms with Crippen LogP contribution in [0.2, 0.25) is 0 Å². The molecule has 6 heteroatoms. The summed E-state index contributed by atoms with van der Waals surface area (Å²) in [6, 6.07) is -0.494. The van der Waals surface area contributed by atoms with E-state index in [1.165, 1.54) is 0 Å². The van der Waals surface area contributed by atoms with E-state index in [1.54, 1.807) is 6.92 Å². The van der Waals surface area contributed by atoms with E-state index in [-0.39, 0.29) is 18.1 Å². The van der Waals surface area contributed by atoms with Crippen LogP contribution < -0.4 is 10.6 Å². The van der Waals surface area contributed by atoms with Crippen molar-refractivity contribution < 1.29 is 14.7 Å². The largest absolute Gasteiger partial charge is 0.481 e. The topological polar surface area (TPSA) is 81.7 Å². The van der Waals surface area contributed by atoms with Crippen molar-refractivity contribution in [3.63, 3.8) is 0 Å². The average Bonchev–Trinajstić information content (AvgIpc) is 2.69. The molecule has 6 nitrogen and oxygen atoms in total. The molecule has 1 saturated carbocycles. The molecule has 3 unspecified atom stereocenters. The van der Waals surface area contributed by atoms with Crippen molar-refractivity contribution in [3.05, 3.63) is 0 Å². The van der Waals surface area contributed by atoms with Gasteiger partial charge in [0.25, 0.3) is 0 Å². The fraction of sp³-hybridized carbons (Fsp3) is 0.857. The van der Waals surface area contributed by atoms with Crippen molar-refractivity contribution in [1.82, 2.24) is 15.5 Å². The zero-order chi connectivity index (χ0) is 15.3. The molecule has 0 spiro atoms. The number of carbonyl (C=O) groups excluding carboxylic acids is 1. The van der Waals surface area contributed by atoms with Crippen molar-refractivity contribution in [2.24, 2.45) is 5.41 Å². The molecule has 0 heterocycles. The third-order valence-electron chi connectivity index (χ3n) is 4.14. The van der Waals surface area contributed by atoms with Gasteiger partial charge in [0.1, 0.15) is 0 Å². The number of hydrogen-bond acceptors (Lipinski definition) is 3. The van der Waals surface area contributed by atoms with Crippen LogP contribution in [0, 0.1) is 5.41 Å². The molecule has 1 aliphatic rings. The lowest BCUT2D eigenvalue weighted by molar-refractivity contribution is -0.148. The van der Waals surface area contributed by atoms with Crippen LogP contribution in [0.25, 0.3) is 0 Å². The highest BCUT2D eigenvalue weighted by Crippen LogP contribution is 2.38. The Balaban J connectivity index is 2.44. The highest BCUT2D eigenvalue weighted by Gasteiger charge is 2.45. The summed E-state index contributed by atoms with van der Waals surface area (Å²) < 4.78 is 0. The van der Waals surface area contributed by atoms with Crippen molar-refractivity contribution in [2.45, 2.75) is 51.6 Å². The Morgan fingerprint density at radius 3 is 2.65 bits per heavy atom. The van der Waals surface area contributed by atoms with Gasteiger partial charge in [-0.3, -0.25) is 4.79 Å². The van der Waals surface area contributed by atoms with Crippen molar-refractivity contribution in [3.8, 4) is 0 Å². The van der Waals surface area contributed by atoms with Crippen LogP contribution in [0.4, 0.5) is 4.79 Å². The molecule has 20 heavy (non-hydrogen) atoms. The number of rotatable bonds is 6. The summed E-state index contributed by atoms with van der Waals surface area (Å²) in [5, 5.41) is 15.0. The standard InChI is InChI=1S/C14H27N3O3/c1-10(7-9-17(3)4)15-13(20)16-11-6-5-8-14(11,2)12(18)19/h10-11H,5-9H2,1-4H3,(H,18,19)(H2,15,16,20). The van der Waals surface area contributed by atoms with Gasteiger partial charge in [-0.15, -0.1) is 0 Å². The number of carboxylic acid groups (broad SMARTS) is 1. The molecular weight excluding hydrogens is 258 g/mol. The van der Waals surface area contributed by atoms with Gasteiger partial charge < -0.3 is 20.6 Å². The predicted octanol–water partition coefficient (Wildman–Crippen LogP) is 1.27. The summed E-state index contributed by atoms with van der Waals surface area (Å²) in [6.45, 7) is 4.56. The Morgan fingerprint density at radius 1 is 1.45 bits per heavy atom. The summed E-state index contributed by atoms with van der Waals surface area (Å²) in [7, 11) is 3.98. The van der Waals surface area contributed by atoms with Gasteiger partial charge in [0.2, 0.25) is 0 Å². The summed E-state index contributed by atoms with van der Waals surface area (Å²) in [6.07, 6.45) is 3.04. The maximum absolute atomic E-state index is 11.9. The molecule has 0 bridgehead atoms. The van der Waals surface area contributed by atoms with Gasteiger partial charge in [-0.05, 0) is 53.8 Å².